The molecule has 1 aliphatic rings. The van der Waals surface area contributed by atoms with Crippen LogP contribution in [0.15, 0.2) is 59.8 Å². The Morgan fingerprint density at radius 2 is 1.93 bits per heavy atom. The first kappa shape index (κ1) is 20.7. The fourth-order valence-corrected chi connectivity index (χ4v) is 3.27. The van der Waals surface area contributed by atoms with Crippen LogP contribution in [0.2, 0.25) is 5.02 Å². The van der Waals surface area contributed by atoms with Crippen LogP contribution >= 0.6 is 11.6 Å². The van der Waals surface area contributed by atoms with Crippen LogP contribution in [-0.4, -0.2) is 18.6 Å². The zero-order chi connectivity index (χ0) is 20.8. The summed E-state index contributed by atoms with van der Waals surface area (Å²) in [7, 11) is 0. The number of esters is 1. The lowest BCUT2D eigenvalue weighted by Gasteiger charge is -2.29. The zero-order valence-electron chi connectivity index (χ0n) is 16.3. The molecule has 7 heteroatoms. The first-order valence-corrected chi connectivity index (χ1v) is 9.79. The van der Waals surface area contributed by atoms with Crippen molar-refractivity contribution in [2.75, 3.05) is 6.61 Å². The van der Waals surface area contributed by atoms with Crippen LogP contribution in [0.3, 0.4) is 0 Å². The lowest BCUT2D eigenvalue weighted by Crippen LogP contribution is -2.45. The summed E-state index contributed by atoms with van der Waals surface area (Å²) in [6, 6.07) is 13.4. The minimum absolute atomic E-state index is 0.131. The summed E-state index contributed by atoms with van der Waals surface area (Å²) >= 11 is 6.20. The Hall–Kier alpha value is -2.99. The summed E-state index contributed by atoms with van der Waals surface area (Å²) in [5.41, 5.74) is 2.22. The number of benzene rings is 2. The molecule has 29 heavy (non-hydrogen) atoms. The number of hydrogen-bond acceptors (Lipinski definition) is 4. The minimum Gasteiger partial charge on any atom is -0.493 e. The van der Waals surface area contributed by atoms with Crippen LogP contribution in [0.1, 0.15) is 37.4 Å². The lowest BCUT2D eigenvalue weighted by atomic mass is 9.94. The van der Waals surface area contributed by atoms with Gasteiger partial charge in [0, 0.05) is 16.3 Å². The van der Waals surface area contributed by atoms with Crippen LogP contribution < -0.4 is 15.4 Å². The molecule has 1 heterocycles. The first-order valence-electron chi connectivity index (χ1n) is 9.41. The van der Waals surface area contributed by atoms with Crippen LogP contribution in [0.25, 0.3) is 0 Å². The number of ether oxygens (including phenoxy) is 2. The molecule has 0 aromatic heterocycles. The highest BCUT2D eigenvalue weighted by Crippen LogP contribution is 2.35. The van der Waals surface area contributed by atoms with Crippen molar-refractivity contribution in [3.63, 3.8) is 0 Å². The van der Waals surface area contributed by atoms with Gasteiger partial charge in [0.15, 0.2) is 0 Å². The van der Waals surface area contributed by atoms with E-state index in [0.717, 1.165) is 12.0 Å². The average molecular weight is 415 g/mol. The van der Waals surface area contributed by atoms with E-state index in [9.17, 15) is 9.59 Å². The van der Waals surface area contributed by atoms with Gasteiger partial charge in [-0.25, -0.2) is 9.59 Å². The van der Waals surface area contributed by atoms with Crippen molar-refractivity contribution in [2.24, 2.45) is 0 Å². The second kappa shape index (κ2) is 9.47. The van der Waals surface area contributed by atoms with E-state index in [1.807, 2.05) is 37.3 Å². The summed E-state index contributed by atoms with van der Waals surface area (Å²) in [5.74, 6) is 0.0369. The normalized spacial score (nSPS) is 16.1. The minimum atomic E-state index is -0.738. The molecule has 0 spiro atoms. The molecule has 0 saturated carbocycles. The van der Waals surface area contributed by atoms with Crippen molar-refractivity contribution >= 4 is 23.6 Å². The van der Waals surface area contributed by atoms with Crippen molar-refractivity contribution < 1.29 is 19.1 Å². The first-order chi connectivity index (χ1) is 14.0. The molecule has 0 aliphatic carbocycles. The standard InChI is InChI=1S/C22H23ClN2O4/c1-3-11-28-18-10-9-16(23)12-17(18)20-19(14(2)24-22(27)25-20)21(26)29-13-15-7-5-4-6-8-15/h4-10,12,20H,3,11,13H2,1-2H3,(H2,24,25,27). The van der Waals surface area contributed by atoms with Crippen molar-refractivity contribution in [1.29, 1.82) is 0 Å². The molecule has 1 aliphatic heterocycles. The van der Waals surface area contributed by atoms with Crippen molar-refractivity contribution in [2.45, 2.75) is 32.9 Å². The third-order valence-electron chi connectivity index (χ3n) is 4.45. The van der Waals surface area contributed by atoms with Gasteiger partial charge in [-0.1, -0.05) is 48.9 Å². The number of hydrogen-bond donors (Lipinski definition) is 2. The van der Waals surface area contributed by atoms with Gasteiger partial charge in [0.05, 0.1) is 18.2 Å². The van der Waals surface area contributed by atoms with E-state index >= 15 is 0 Å². The number of allylic oxidation sites excluding steroid dienone is 1. The Morgan fingerprint density at radius 1 is 1.17 bits per heavy atom. The topological polar surface area (TPSA) is 76.7 Å². The maximum Gasteiger partial charge on any atom is 0.338 e. The second-order valence-electron chi connectivity index (χ2n) is 6.66. The molecule has 2 aromatic rings. The molecule has 6 nitrogen and oxygen atoms in total. The second-order valence-corrected chi connectivity index (χ2v) is 7.10. The number of nitrogens with one attached hydrogen (secondary N) is 2. The number of halogens is 1. The van der Waals surface area contributed by atoms with Gasteiger partial charge < -0.3 is 20.1 Å². The van der Waals surface area contributed by atoms with Gasteiger partial charge in [-0.2, -0.15) is 0 Å². The number of carbonyl (C=O) groups is 2. The average Bonchev–Trinajstić information content (AvgIpc) is 2.71. The Morgan fingerprint density at radius 3 is 2.66 bits per heavy atom. The van der Waals surface area contributed by atoms with E-state index in [-0.39, 0.29) is 6.61 Å². The van der Waals surface area contributed by atoms with Gasteiger partial charge >= 0.3 is 12.0 Å². The van der Waals surface area contributed by atoms with E-state index in [4.69, 9.17) is 21.1 Å². The van der Waals surface area contributed by atoms with Crippen LogP contribution in [-0.2, 0) is 16.1 Å². The molecule has 0 fully saturated rings. The van der Waals surface area contributed by atoms with E-state index in [1.54, 1.807) is 25.1 Å². The number of rotatable bonds is 7. The molecule has 0 radical (unpaired) electrons. The Bertz CT molecular complexity index is 928. The molecular formula is C22H23ClN2O4. The van der Waals surface area contributed by atoms with E-state index < -0.39 is 18.0 Å². The van der Waals surface area contributed by atoms with Gasteiger partial charge in [0.2, 0.25) is 0 Å². The molecule has 3 rings (SSSR count). The monoisotopic (exact) mass is 414 g/mol. The summed E-state index contributed by atoms with van der Waals surface area (Å²) in [6.07, 6.45) is 0.821. The fourth-order valence-electron chi connectivity index (χ4n) is 3.09. The molecule has 1 atom stereocenters. The summed E-state index contributed by atoms with van der Waals surface area (Å²) in [6.45, 7) is 4.30. The van der Waals surface area contributed by atoms with Gasteiger partial charge in [-0.3, -0.25) is 0 Å². The highest BCUT2D eigenvalue weighted by atomic mass is 35.5. The summed E-state index contributed by atoms with van der Waals surface area (Å²) in [4.78, 5) is 25.1. The Balaban J connectivity index is 1.92. The molecule has 0 saturated heterocycles. The predicted molar refractivity (Wildman–Crippen MR) is 111 cm³/mol. The molecule has 2 amide bonds. The largest absolute Gasteiger partial charge is 0.493 e. The van der Waals surface area contributed by atoms with Gasteiger partial charge in [-0.15, -0.1) is 0 Å². The highest BCUT2D eigenvalue weighted by Gasteiger charge is 2.34. The van der Waals surface area contributed by atoms with Crippen LogP contribution in [0, 0.1) is 0 Å². The number of carbonyl (C=O) groups excluding carboxylic acids is 2. The maximum atomic E-state index is 12.9. The fraction of sp³-hybridized carbons (Fsp3) is 0.273. The van der Waals surface area contributed by atoms with Gasteiger partial charge in [0.1, 0.15) is 12.4 Å². The lowest BCUT2D eigenvalue weighted by molar-refractivity contribution is -0.140. The van der Waals surface area contributed by atoms with E-state index in [1.165, 1.54) is 0 Å². The SMILES string of the molecule is CCCOc1ccc(Cl)cc1C1NC(=O)NC(C)=C1C(=O)OCc1ccccc1. The predicted octanol–water partition coefficient (Wildman–Crippen LogP) is 4.50. The molecular weight excluding hydrogens is 392 g/mol. The number of urea groups is 1. The molecule has 0 bridgehead atoms. The molecule has 2 N–H and O–H groups in total. The van der Waals surface area contributed by atoms with Crippen molar-refractivity contribution in [3.05, 3.63) is 76.0 Å². The van der Waals surface area contributed by atoms with Gasteiger partial charge in [0.25, 0.3) is 0 Å². The molecule has 1 unspecified atom stereocenters. The smallest absolute Gasteiger partial charge is 0.338 e. The molecule has 152 valence electrons. The summed E-state index contributed by atoms with van der Waals surface area (Å²) in [5, 5.41) is 5.91. The Labute approximate surface area is 174 Å². The quantitative estimate of drug-likeness (QED) is 0.654. The van der Waals surface area contributed by atoms with E-state index in [2.05, 4.69) is 10.6 Å². The third kappa shape index (κ3) is 5.09. The number of amides is 2. The maximum absolute atomic E-state index is 12.9. The summed E-state index contributed by atoms with van der Waals surface area (Å²) < 4.78 is 11.3. The Kier molecular flexibility index (Phi) is 6.77. The zero-order valence-corrected chi connectivity index (χ0v) is 17.1. The van der Waals surface area contributed by atoms with Crippen LogP contribution in [0.5, 0.6) is 5.75 Å². The van der Waals surface area contributed by atoms with Gasteiger partial charge in [-0.05, 0) is 37.1 Å². The van der Waals surface area contributed by atoms with E-state index in [0.29, 0.717) is 34.2 Å². The third-order valence-corrected chi connectivity index (χ3v) is 4.68. The van der Waals surface area contributed by atoms with Crippen LogP contribution in [0.4, 0.5) is 4.79 Å². The molecule has 2 aromatic carbocycles. The van der Waals surface area contributed by atoms with Crippen molar-refractivity contribution in [1.82, 2.24) is 10.6 Å². The van der Waals surface area contributed by atoms with Crippen molar-refractivity contribution in [3.8, 4) is 5.75 Å². The highest BCUT2D eigenvalue weighted by molar-refractivity contribution is 6.30.